The fourth-order valence-corrected chi connectivity index (χ4v) is 1.85. The molecule has 4 nitrogen and oxygen atoms in total. The fourth-order valence-electron chi connectivity index (χ4n) is 1.85. The zero-order valence-corrected chi connectivity index (χ0v) is 10.1. The van der Waals surface area contributed by atoms with Gasteiger partial charge in [-0.3, -0.25) is 4.68 Å². The largest absolute Gasteiger partial charge is 0.476 e. The smallest absolute Gasteiger partial charge is 0.356 e. The first-order valence-corrected chi connectivity index (χ1v) is 5.59. The van der Waals surface area contributed by atoms with Crippen LogP contribution in [-0.2, 0) is 13.5 Å². The third-order valence-corrected chi connectivity index (χ3v) is 2.82. The minimum atomic E-state index is -1.07. The van der Waals surface area contributed by atoms with E-state index in [-0.39, 0.29) is 11.5 Å². The van der Waals surface area contributed by atoms with E-state index in [0.717, 1.165) is 5.56 Å². The first-order valence-electron chi connectivity index (χ1n) is 5.59. The molecule has 0 aliphatic carbocycles. The van der Waals surface area contributed by atoms with E-state index in [1.807, 2.05) is 6.92 Å². The molecule has 18 heavy (non-hydrogen) atoms. The molecule has 1 aromatic heterocycles. The van der Waals surface area contributed by atoms with Crippen LogP contribution in [0.1, 0.15) is 23.0 Å². The van der Waals surface area contributed by atoms with Crippen molar-refractivity contribution >= 4 is 5.97 Å². The lowest BCUT2D eigenvalue weighted by Gasteiger charge is -2.05. The van der Waals surface area contributed by atoms with E-state index in [4.69, 9.17) is 5.11 Å². The van der Waals surface area contributed by atoms with Crippen molar-refractivity contribution in [3.8, 4) is 11.3 Å². The molecule has 0 atom stereocenters. The Balaban J connectivity index is 2.51. The van der Waals surface area contributed by atoms with Crippen molar-refractivity contribution < 1.29 is 14.3 Å². The van der Waals surface area contributed by atoms with Crippen molar-refractivity contribution in [2.45, 2.75) is 13.3 Å². The van der Waals surface area contributed by atoms with Crippen LogP contribution in [0, 0.1) is 5.82 Å². The summed E-state index contributed by atoms with van der Waals surface area (Å²) < 4.78 is 14.9. The highest BCUT2D eigenvalue weighted by molar-refractivity contribution is 5.87. The Kier molecular flexibility index (Phi) is 3.14. The van der Waals surface area contributed by atoms with Gasteiger partial charge < -0.3 is 5.11 Å². The van der Waals surface area contributed by atoms with Crippen LogP contribution in [0.25, 0.3) is 11.3 Å². The minimum Gasteiger partial charge on any atom is -0.476 e. The van der Waals surface area contributed by atoms with Crippen molar-refractivity contribution in [2.75, 3.05) is 0 Å². The van der Waals surface area contributed by atoms with Gasteiger partial charge in [0.15, 0.2) is 5.69 Å². The molecule has 94 valence electrons. The quantitative estimate of drug-likeness (QED) is 0.907. The van der Waals surface area contributed by atoms with Crippen LogP contribution in [0.4, 0.5) is 4.39 Å². The SMILES string of the molecule is CCc1cc(-c2cc(C(=O)O)nn2C)ccc1F. The first kappa shape index (κ1) is 12.3. The predicted molar refractivity (Wildman–Crippen MR) is 64.9 cm³/mol. The molecule has 2 rings (SSSR count). The second kappa shape index (κ2) is 4.60. The van der Waals surface area contributed by atoms with E-state index >= 15 is 0 Å². The van der Waals surface area contributed by atoms with Gasteiger partial charge in [0, 0.05) is 12.6 Å². The summed E-state index contributed by atoms with van der Waals surface area (Å²) in [5, 5.41) is 12.8. The van der Waals surface area contributed by atoms with Gasteiger partial charge in [-0.05, 0) is 36.2 Å². The molecular weight excluding hydrogens is 235 g/mol. The average molecular weight is 248 g/mol. The first-order chi connectivity index (χ1) is 8.52. The van der Waals surface area contributed by atoms with Crippen LogP contribution in [0.3, 0.4) is 0 Å². The van der Waals surface area contributed by atoms with Gasteiger partial charge >= 0.3 is 5.97 Å². The summed E-state index contributed by atoms with van der Waals surface area (Å²) in [7, 11) is 1.66. The number of aromatic nitrogens is 2. The Labute approximate surface area is 104 Å². The molecule has 0 aliphatic heterocycles. The number of benzene rings is 1. The van der Waals surface area contributed by atoms with E-state index in [0.29, 0.717) is 17.7 Å². The van der Waals surface area contributed by atoms with E-state index in [9.17, 15) is 9.18 Å². The number of hydrogen-bond acceptors (Lipinski definition) is 2. The lowest BCUT2D eigenvalue weighted by molar-refractivity contribution is 0.0689. The van der Waals surface area contributed by atoms with Gasteiger partial charge in [-0.2, -0.15) is 5.10 Å². The van der Waals surface area contributed by atoms with Crippen molar-refractivity contribution in [1.82, 2.24) is 9.78 Å². The molecule has 0 saturated carbocycles. The molecule has 0 radical (unpaired) electrons. The van der Waals surface area contributed by atoms with Gasteiger partial charge in [0.05, 0.1) is 5.69 Å². The Morgan fingerprint density at radius 1 is 1.44 bits per heavy atom. The van der Waals surface area contributed by atoms with Gasteiger partial charge in [-0.1, -0.05) is 6.92 Å². The number of aromatic carboxylic acids is 1. The standard InChI is InChI=1S/C13H13FN2O2/c1-3-8-6-9(4-5-10(8)14)12-7-11(13(17)18)15-16(12)2/h4-7H,3H2,1-2H3,(H,17,18). The number of carboxylic acids is 1. The highest BCUT2D eigenvalue weighted by atomic mass is 19.1. The average Bonchev–Trinajstić information content (AvgIpc) is 2.72. The summed E-state index contributed by atoms with van der Waals surface area (Å²) in [6, 6.07) is 6.21. The Morgan fingerprint density at radius 2 is 2.17 bits per heavy atom. The number of carbonyl (C=O) groups is 1. The number of aryl methyl sites for hydroxylation is 2. The zero-order chi connectivity index (χ0) is 13.3. The number of hydrogen-bond donors (Lipinski definition) is 1. The summed E-state index contributed by atoms with van der Waals surface area (Å²) >= 11 is 0. The van der Waals surface area contributed by atoms with Gasteiger partial charge in [0.25, 0.3) is 0 Å². The molecule has 0 aliphatic rings. The zero-order valence-electron chi connectivity index (χ0n) is 10.1. The van der Waals surface area contributed by atoms with E-state index in [2.05, 4.69) is 5.10 Å². The van der Waals surface area contributed by atoms with Crippen LogP contribution in [0.2, 0.25) is 0 Å². The molecule has 1 N–H and O–H groups in total. The highest BCUT2D eigenvalue weighted by Crippen LogP contribution is 2.23. The highest BCUT2D eigenvalue weighted by Gasteiger charge is 2.13. The van der Waals surface area contributed by atoms with Crippen molar-refractivity contribution in [3.63, 3.8) is 0 Å². The topological polar surface area (TPSA) is 55.1 Å². The summed E-state index contributed by atoms with van der Waals surface area (Å²) in [5.74, 6) is -1.32. The van der Waals surface area contributed by atoms with Crippen LogP contribution in [-0.4, -0.2) is 20.9 Å². The molecule has 0 saturated heterocycles. The molecule has 1 heterocycles. The molecule has 0 bridgehead atoms. The summed E-state index contributed by atoms with van der Waals surface area (Å²) in [6.45, 7) is 1.87. The second-order valence-electron chi connectivity index (χ2n) is 4.00. The maximum atomic E-state index is 13.4. The minimum absolute atomic E-state index is 0.0186. The Morgan fingerprint density at radius 3 is 2.72 bits per heavy atom. The monoisotopic (exact) mass is 248 g/mol. The summed E-state index contributed by atoms with van der Waals surface area (Å²) in [5.41, 5.74) is 2.00. The van der Waals surface area contributed by atoms with E-state index < -0.39 is 5.97 Å². The summed E-state index contributed by atoms with van der Waals surface area (Å²) in [4.78, 5) is 10.8. The van der Waals surface area contributed by atoms with E-state index in [1.165, 1.54) is 16.8 Å². The van der Waals surface area contributed by atoms with Crippen LogP contribution >= 0.6 is 0 Å². The van der Waals surface area contributed by atoms with Crippen molar-refractivity contribution in [2.24, 2.45) is 7.05 Å². The number of halogens is 1. The molecule has 5 heteroatoms. The number of rotatable bonds is 3. The maximum absolute atomic E-state index is 13.4. The fraction of sp³-hybridized carbons (Fsp3) is 0.231. The molecule has 2 aromatic rings. The van der Waals surface area contributed by atoms with Crippen molar-refractivity contribution in [3.05, 3.63) is 41.3 Å². The third-order valence-electron chi connectivity index (χ3n) is 2.82. The molecule has 0 spiro atoms. The van der Waals surface area contributed by atoms with Gasteiger partial charge in [0.1, 0.15) is 5.82 Å². The lowest BCUT2D eigenvalue weighted by atomic mass is 10.1. The number of carboxylic acid groups (broad SMARTS) is 1. The number of nitrogens with zero attached hydrogens (tertiary/aromatic N) is 2. The molecule has 0 amide bonds. The Bertz CT molecular complexity index is 605. The lowest BCUT2D eigenvalue weighted by Crippen LogP contribution is -1.99. The van der Waals surface area contributed by atoms with Crippen molar-refractivity contribution in [1.29, 1.82) is 0 Å². The van der Waals surface area contributed by atoms with Crippen LogP contribution in [0.15, 0.2) is 24.3 Å². The van der Waals surface area contributed by atoms with Crippen LogP contribution in [0.5, 0.6) is 0 Å². The maximum Gasteiger partial charge on any atom is 0.356 e. The van der Waals surface area contributed by atoms with Gasteiger partial charge in [0.2, 0.25) is 0 Å². The molecule has 0 unspecified atom stereocenters. The normalized spacial score (nSPS) is 10.6. The van der Waals surface area contributed by atoms with Gasteiger partial charge in [-0.25, -0.2) is 9.18 Å². The Hall–Kier alpha value is -2.17. The van der Waals surface area contributed by atoms with Gasteiger partial charge in [-0.15, -0.1) is 0 Å². The molecule has 1 aromatic carbocycles. The molecule has 0 fully saturated rings. The second-order valence-corrected chi connectivity index (χ2v) is 4.00. The molecular formula is C13H13FN2O2. The predicted octanol–water partition coefficient (Wildman–Crippen LogP) is 2.49. The van der Waals surface area contributed by atoms with E-state index in [1.54, 1.807) is 19.2 Å². The third kappa shape index (κ3) is 2.11. The summed E-state index contributed by atoms with van der Waals surface area (Å²) in [6.07, 6.45) is 0.587. The van der Waals surface area contributed by atoms with Crippen LogP contribution < -0.4 is 0 Å².